The number of hydrogen-bond donors (Lipinski definition) is 0. The molecule has 1 rings (SSSR count). The monoisotopic (exact) mass is 215 g/mol. The highest BCUT2D eigenvalue weighted by Crippen LogP contribution is 2.21. The molecule has 0 saturated carbocycles. The van der Waals surface area contributed by atoms with Gasteiger partial charge in [0.1, 0.15) is 5.82 Å². The van der Waals surface area contributed by atoms with Gasteiger partial charge in [-0.25, -0.2) is 12.8 Å². The maximum absolute atomic E-state index is 13.0. The second-order valence-corrected chi connectivity index (χ2v) is 4.59. The predicted octanol–water partition coefficient (Wildman–Crippen LogP) is 2.17. The Bertz CT molecular complexity index is 506. The fourth-order valence-electron chi connectivity index (χ4n) is 0.848. The Morgan fingerprint density at radius 2 is 2.14 bits per heavy atom. The molecular formula is C7H6FN3O2S. The van der Waals surface area contributed by atoms with Crippen LogP contribution in [-0.2, 0) is 9.84 Å². The molecule has 0 aliphatic heterocycles. The fraction of sp³-hybridized carbons (Fsp3) is 0.143. The van der Waals surface area contributed by atoms with E-state index in [1.165, 1.54) is 6.07 Å². The van der Waals surface area contributed by atoms with Crippen molar-refractivity contribution >= 4 is 15.5 Å². The number of nitrogens with zero attached hydrogens (tertiary/aromatic N) is 3. The van der Waals surface area contributed by atoms with Gasteiger partial charge < -0.3 is 0 Å². The Hall–Kier alpha value is -1.59. The minimum atomic E-state index is -3.43. The number of azide groups is 1. The van der Waals surface area contributed by atoms with Gasteiger partial charge in [-0.1, -0.05) is 5.11 Å². The van der Waals surface area contributed by atoms with E-state index in [2.05, 4.69) is 10.0 Å². The third-order valence-electron chi connectivity index (χ3n) is 1.50. The standard InChI is InChI=1S/C7H6FN3O2S/c1-14(12,13)5-2-3-7(10-11-9)6(8)4-5/h2-4H,1H3. The van der Waals surface area contributed by atoms with E-state index in [9.17, 15) is 12.8 Å². The largest absolute Gasteiger partial charge is 0.224 e. The highest BCUT2D eigenvalue weighted by atomic mass is 32.2. The molecule has 0 N–H and O–H groups in total. The smallest absolute Gasteiger partial charge is 0.175 e. The van der Waals surface area contributed by atoms with E-state index in [1.807, 2.05) is 0 Å². The van der Waals surface area contributed by atoms with Crippen molar-refractivity contribution in [3.05, 3.63) is 34.5 Å². The van der Waals surface area contributed by atoms with Gasteiger partial charge >= 0.3 is 0 Å². The molecule has 0 atom stereocenters. The number of benzene rings is 1. The minimum Gasteiger partial charge on any atom is -0.224 e. The van der Waals surface area contributed by atoms with E-state index in [-0.39, 0.29) is 10.6 Å². The van der Waals surface area contributed by atoms with Crippen molar-refractivity contribution in [2.24, 2.45) is 5.11 Å². The summed E-state index contributed by atoms with van der Waals surface area (Å²) in [6.07, 6.45) is 0.967. The van der Waals surface area contributed by atoms with Gasteiger partial charge in [-0.2, -0.15) is 0 Å². The summed E-state index contributed by atoms with van der Waals surface area (Å²) in [5.41, 5.74) is 7.82. The van der Waals surface area contributed by atoms with E-state index < -0.39 is 15.7 Å². The van der Waals surface area contributed by atoms with Crippen LogP contribution in [0.3, 0.4) is 0 Å². The molecule has 7 heteroatoms. The molecule has 0 saturated heterocycles. The van der Waals surface area contributed by atoms with Gasteiger partial charge in [0.2, 0.25) is 0 Å². The fourth-order valence-corrected chi connectivity index (χ4v) is 1.48. The predicted molar refractivity (Wildman–Crippen MR) is 48.3 cm³/mol. The van der Waals surface area contributed by atoms with Crippen molar-refractivity contribution < 1.29 is 12.8 Å². The third-order valence-corrected chi connectivity index (χ3v) is 2.61. The number of halogens is 1. The lowest BCUT2D eigenvalue weighted by Gasteiger charge is -1.99. The Morgan fingerprint density at radius 1 is 1.50 bits per heavy atom. The van der Waals surface area contributed by atoms with Crippen LogP contribution in [-0.4, -0.2) is 14.7 Å². The quantitative estimate of drug-likeness (QED) is 0.430. The molecule has 0 radical (unpaired) electrons. The molecular weight excluding hydrogens is 209 g/mol. The second kappa shape index (κ2) is 3.65. The van der Waals surface area contributed by atoms with E-state index in [0.29, 0.717) is 0 Å². The molecule has 0 aromatic heterocycles. The molecule has 0 spiro atoms. The van der Waals surface area contributed by atoms with Crippen LogP contribution in [0.5, 0.6) is 0 Å². The van der Waals surface area contributed by atoms with Gasteiger partial charge in [-0.3, -0.25) is 0 Å². The van der Waals surface area contributed by atoms with Crippen LogP contribution >= 0.6 is 0 Å². The summed E-state index contributed by atoms with van der Waals surface area (Å²) in [4.78, 5) is 2.25. The van der Waals surface area contributed by atoms with Gasteiger partial charge in [0, 0.05) is 11.2 Å². The topological polar surface area (TPSA) is 82.9 Å². The van der Waals surface area contributed by atoms with E-state index in [1.54, 1.807) is 0 Å². The van der Waals surface area contributed by atoms with Crippen LogP contribution in [0, 0.1) is 5.82 Å². The average Bonchev–Trinajstić information content (AvgIpc) is 2.07. The van der Waals surface area contributed by atoms with Crippen LogP contribution in [0.25, 0.3) is 10.4 Å². The lowest BCUT2D eigenvalue weighted by atomic mass is 10.3. The maximum Gasteiger partial charge on any atom is 0.175 e. The summed E-state index contributed by atoms with van der Waals surface area (Å²) < 4.78 is 35.0. The van der Waals surface area contributed by atoms with Gasteiger partial charge in [0.25, 0.3) is 0 Å². The van der Waals surface area contributed by atoms with Crippen molar-refractivity contribution in [1.82, 2.24) is 0 Å². The highest BCUT2D eigenvalue weighted by Gasteiger charge is 2.09. The van der Waals surface area contributed by atoms with E-state index in [0.717, 1.165) is 18.4 Å². The van der Waals surface area contributed by atoms with Crippen molar-refractivity contribution in [2.75, 3.05) is 6.26 Å². The summed E-state index contributed by atoms with van der Waals surface area (Å²) in [7, 11) is -3.43. The van der Waals surface area contributed by atoms with E-state index >= 15 is 0 Å². The first-order chi connectivity index (χ1) is 6.45. The molecule has 1 aromatic rings. The van der Waals surface area contributed by atoms with Crippen LogP contribution in [0.4, 0.5) is 10.1 Å². The Kier molecular flexibility index (Phi) is 2.73. The molecule has 0 aliphatic carbocycles. The van der Waals surface area contributed by atoms with Crippen LogP contribution < -0.4 is 0 Å². The molecule has 0 amide bonds. The number of hydrogen-bond acceptors (Lipinski definition) is 3. The van der Waals surface area contributed by atoms with Gasteiger partial charge in [0.05, 0.1) is 10.6 Å². The lowest BCUT2D eigenvalue weighted by molar-refractivity contribution is 0.596. The van der Waals surface area contributed by atoms with Gasteiger partial charge in [-0.15, -0.1) is 0 Å². The van der Waals surface area contributed by atoms with Crippen molar-refractivity contribution in [2.45, 2.75) is 4.90 Å². The first-order valence-corrected chi connectivity index (χ1v) is 5.39. The third kappa shape index (κ3) is 2.21. The van der Waals surface area contributed by atoms with E-state index in [4.69, 9.17) is 5.53 Å². The van der Waals surface area contributed by atoms with Gasteiger partial charge in [-0.05, 0) is 23.7 Å². The van der Waals surface area contributed by atoms with Gasteiger partial charge in [0.15, 0.2) is 9.84 Å². The molecule has 14 heavy (non-hydrogen) atoms. The Labute approximate surface area is 79.7 Å². The zero-order valence-corrected chi connectivity index (χ0v) is 7.99. The van der Waals surface area contributed by atoms with Crippen molar-refractivity contribution in [1.29, 1.82) is 0 Å². The van der Waals surface area contributed by atoms with Crippen molar-refractivity contribution in [3.63, 3.8) is 0 Å². The zero-order valence-electron chi connectivity index (χ0n) is 7.18. The maximum atomic E-state index is 13.0. The summed E-state index contributed by atoms with van der Waals surface area (Å²) in [5, 5.41) is 3.04. The highest BCUT2D eigenvalue weighted by molar-refractivity contribution is 7.90. The summed E-state index contributed by atoms with van der Waals surface area (Å²) >= 11 is 0. The second-order valence-electron chi connectivity index (χ2n) is 2.57. The Morgan fingerprint density at radius 3 is 2.57 bits per heavy atom. The minimum absolute atomic E-state index is 0.146. The Balaban J connectivity index is 3.33. The molecule has 0 heterocycles. The molecule has 5 nitrogen and oxygen atoms in total. The molecule has 0 bridgehead atoms. The SMILES string of the molecule is CS(=O)(=O)c1ccc(N=[N+]=[N-])c(F)c1. The first-order valence-electron chi connectivity index (χ1n) is 3.50. The normalized spacial score (nSPS) is 10.7. The molecule has 0 aliphatic rings. The summed E-state index contributed by atoms with van der Waals surface area (Å²) in [6, 6.07) is 3.12. The average molecular weight is 215 g/mol. The van der Waals surface area contributed by atoms with Crippen molar-refractivity contribution in [3.8, 4) is 0 Å². The number of sulfone groups is 1. The molecule has 1 aromatic carbocycles. The number of rotatable bonds is 2. The van der Waals surface area contributed by atoms with Crippen LogP contribution in [0.2, 0.25) is 0 Å². The summed E-state index contributed by atoms with van der Waals surface area (Å²) in [6.45, 7) is 0. The molecule has 0 unspecified atom stereocenters. The van der Waals surface area contributed by atoms with Crippen LogP contribution in [0.15, 0.2) is 28.2 Å². The lowest BCUT2D eigenvalue weighted by Crippen LogP contribution is -1.97. The molecule has 0 fully saturated rings. The zero-order chi connectivity index (χ0) is 10.8. The molecule has 74 valence electrons. The summed E-state index contributed by atoms with van der Waals surface area (Å²) in [5.74, 6) is -0.856. The van der Waals surface area contributed by atoms with Crippen LogP contribution in [0.1, 0.15) is 0 Å². The first kappa shape index (κ1) is 10.5.